The van der Waals surface area contributed by atoms with E-state index in [9.17, 15) is 4.79 Å². The summed E-state index contributed by atoms with van der Waals surface area (Å²) in [6, 6.07) is 10.3. The highest BCUT2D eigenvalue weighted by molar-refractivity contribution is 7.11. The third kappa shape index (κ3) is 7.23. The van der Waals surface area contributed by atoms with Crippen molar-refractivity contribution in [2.75, 3.05) is 33.7 Å². The molecule has 0 spiro atoms. The molecule has 2 aromatic rings. The van der Waals surface area contributed by atoms with Crippen LogP contribution in [0.5, 0.6) is 0 Å². The zero-order valence-corrected chi connectivity index (χ0v) is 16.5. The molecule has 0 unspecified atom stereocenters. The van der Waals surface area contributed by atoms with Crippen molar-refractivity contribution in [3.63, 3.8) is 0 Å². The number of rotatable bonds is 8. The third-order valence-electron chi connectivity index (χ3n) is 3.72. The lowest BCUT2D eigenvalue weighted by Gasteiger charge is -2.13. The lowest BCUT2D eigenvalue weighted by atomic mass is 10.1. The van der Waals surface area contributed by atoms with Crippen molar-refractivity contribution >= 4 is 23.2 Å². The largest absolute Gasteiger partial charge is 0.356 e. The summed E-state index contributed by atoms with van der Waals surface area (Å²) >= 11 is 1.70. The molecule has 7 heteroatoms. The van der Waals surface area contributed by atoms with Crippen LogP contribution in [0.1, 0.15) is 15.4 Å². The molecule has 1 aromatic carbocycles. The number of thiazole rings is 1. The minimum Gasteiger partial charge on any atom is -0.356 e. The summed E-state index contributed by atoms with van der Waals surface area (Å²) in [7, 11) is 3.47. The summed E-state index contributed by atoms with van der Waals surface area (Å²) in [4.78, 5) is 23.3. The number of aryl methyl sites for hydroxylation is 1. The number of hydrogen-bond donors (Lipinski definition) is 2. The van der Waals surface area contributed by atoms with Gasteiger partial charge in [0.15, 0.2) is 5.96 Å². The Morgan fingerprint density at radius 1 is 1.15 bits per heavy atom. The first-order chi connectivity index (χ1) is 12.5. The molecular formula is C19H27N5OS. The van der Waals surface area contributed by atoms with Gasteiger partial charge in [-0.2, -0.15) is 0 Å². The number of guanidine groups is 1. The van der Waals surface area contributed by atoms with Gasteiger partial charge >= 0.3 is 0 Å². The van der Waals surface area contributed by atoms with Crippen molar-refractivity contribution in [3.05, 3.63) is 52.0 Å². The summed E-state index contributed by atoms with van der Waals surface area (Å²) in [5, 5.41) is 7.70. The van der Waals surface area contributed by atoms with E-state index in [1.807, 2.05) is 24.4 Å². The van der Waals surface area contributed by atoms with E-state index in [-0.39, 0.29) is 12.5 Å². The van der Waals surface area contributed by atoms with Crippen molar-refractivity contribution in [1.82, 2.24) is 20.5 Å². The fourth-order valence-corrected chi connectivity index (χ4v) is 3.02. The lowest BCUT2D eigenvalue weighted by Crippen LogP contribution is -2.40. The van der Waals surface area contributed by atoms with Crippen molar-refractivity contribution in [1.29, 1.82) is 0 Å². The van der Waals surface area contributed by atoms with E-state index in [0.29, 0.717) is 5.96 Å². The van der Waals surface area contributed by atoms with Crippen molar-refractivity contribution in [2.24, 2.45) is 4.99 Å². The predicted octanol–water partition coefficient (Wildman–Crippen LogP) is 1.86. The van der Waals surface area contributed by atoms with E-state index in [2.05, 4.69) is 39.7 Å². The molecule has 2 N–H and O–H groups in total. The van der Waals surface area contributed by atoms with Crippen LogP contribution in [0, 0.1) is 6.92 Å². The molecule has 0 aliphatic rings. The number of nitrogens with zero attached hydrogens (tertiary/aromatic N) is 3. The summed E-state index contributed by atoms with van der Waals surface area (Å²) in [5.41, 5.74) is 1.27. The van der Waals surface area contributed by atoms with E-state index in [1.165, 1.54) is 10.4 Å². The molecule has 26 heavy (non-hydrogen) atoms. The number of nitrogens with one attached hydrogen (secondary N) is 2. The van der Waals surface area contributed by atoms with Gasteiger partial charge in [-0.05, 0) is 18.9 Å². The van der Waals surface area contributed by atoms with Gasteiger partial charge in [-0.1, -0.05) is 30.3 Å². The lowest BCUT2D eigenvalue weighted by molar-refractivity contribution is -0.127. The van der Waals surface area contributed by atoms with Gasteiger partial charge < -0.3 is 15.5 Å². The van der Waals surface area contributed by atoms with Crippen LogP contribution in [-0.2, 0) is 17.6 Å². The first kappa shape index (κ1) is 19.9. The number of carbonyl (C=O) groups excluding carboxylic acids is 1. The molecular weight excluding hydrogens is 346 g/mol. The average molecular weight is 374 g/mol. The number of hydrogen-bond acceptors (Lipinski definition) is 4. The van der Waals surface area contributed by atoms with Gasteiger partial charge in [0, 0.05) is 44.7 Å². The molecule has 0 saturated heterocycles. The zero-order chi connectivity index (χ0) is 18.8. The van der Waals surface area contributed by atoms with Crippen LogP contribution in [0.4, 0.5) is 0 Å². The van der Waals surface area contributed by atoms with Crippen LogP contribution in [0.3, 0.4) is 0 Å². The maximum Gasteiger partial charge on any atom is 0.243 e. The van der Waals surface area contributed by atoms with E-state index < -0.39 is 0 Å². The van der Waals surface area contributed by atoms with Crippen LogP contribution in [0.15, 0.2) is 41.5 Å². The Kier molecular flexibility index (Phi) is 8.08. The molecule has 6 nitrogen and oxygen atoms in total. The number of likely N-dealkylation sites (N-methyl/N-ethyl adjacent to an activating group) is 1. The molecule has 0 aliphatic carbocycles. The van der Waals surface area contributed by atoms with Crippen molar-refractivity contribution < 1.29 is 4.79 Å². The number of amides is 1. The first-order valence-electron chi connectivity index (χ1n) is 8.72. The maximum absolute atomic E-state index is 11.8. The second kappa shape index (κ2) is 10.6. The smallest absolute Gasteiger partial charge is 0.243 e. The van der Waals surface area contributed by atoms with E-state index in [1.54, 1.807) is 30.3 Å². The minimum absolute atomic E-state index is 0.0234. The Morgan fingerprint density at radius 3 is 2.46 bits per heavy atom. The monoisotopic (exact) mass is 373 g/mol. The van der Waals surface area contributed by atoms with Gasteiger partial charge in [-0.15, -0.1) is 11.3 Å². The van der Waals surface area contributed by atoms with Gasteiger partial charge in [-0.25, -0.2) is 9.98 Å². The van der Waals surface area contributed by atoms with Gasteiger partial charge in [0.25, 0.3) is 0 Å². The van der Waals surface area contributed by atoms with Crippen LogP contribution < -0.4 is 10.6 Å². The van der Waals surface area contributed by atoms with Crippen LogP contribution >= 0.6 is 11.3 Å². The first-order valence-corrected chi connectivity index (χ1v) is 9.54. The number of aromatic nitrogens is 1. The minimum atomic E-state index is -0.0234. The Bertz CT molecular complexity index is 712. The standard InChI is InChI=1S/C19H27N5OS/c1-15-13-22-17(26-15)10-12-21-19(23-14-18(25)24(2)3)20-11-9-16-7-5-4-6-8-16/h4-8,13H,9-12,14H2,1-3H3,(H2,20,21,23). The molecule has 0 atom stereocenters. The number of benzene rings is 1. The quantitative estimate of drug-likeness (QED) is 0.547. The normalized spacial score (nSPS) is 11.3. The molecule has 0 fully saturated rings. The molecule has 0 aliphatic heterocycles. The Labute approximate surface area is 159 Å². The number of aliphatic imine (C=N–C) groups is 1. The second-order valence-corrected chi connectivity index (χ2v) is 7.48. The van der Waals surface area contributed by atoms with Crippen molar-refractivity contribution in [2.45, 2.75) is 19.8 Å². The highest BCUT2D eigenvalue weighted by atomic mass is 32.1. The van der Waals surface area contributed by atoms with E-state index in [4.69, 9.17) is 0 Å². The molecule has 1 amide bonds. The molecule has 2 rings (SSSR count). The fraction of sp³-hybridized carbons (Fsp3) is 0.421. The topological polar surface area (TPSA) is 69.6 Å². The zero-order valence-electron chi connectivity index (χ0n) is 15.7. The fourth-order valence-electron chi connectivity index (χ4n) is 2.24. The van der Waals surface area contributed by atoms with E-state index >= 15 is 0 Å². The molecule has 0 bridgehead atoms. The Balaban J connectivity index is 1.85. The van der Waals surface area contributed by atoms with Crippen LogP contribution in [-0.4, -0.2) is 55.5 Å². The SMILES string of the molecule is Cc1cnc(CCNC(=NCC(=O)N(C)C)NCCc2ccccc2)s1. The van der Waals surface area contributed by atoms with Gasteiger partial charge in [-0.3, -0.25) is 4.79 Å². The summed E-state index contributed by atoms with van der Waals surface area (Å²) in [6.45, 7) is 3.66. The maximum atomic E-state index is 11.8. The highest BCUT2D eigenvalue weighted by Gasteiger charge is 2.05. The second-order valence-electron chi connectivity index (χ2n) is 6.16. The number of carbonyl (C=O) groups is 1. The Morgan fingerprint density at radius 2 is 1.85 bits per heavy atom. The Hall–Kier alpha value is -2.41. The molecule has 0 saturated carbocycles. The summed E-state index contributed by atoms with van der Waals surface area (Å²) in [6.07, 6.45) is 3.62. The average Bonchev–Trinajstić information content (AvgIpc) is 3.05. The molecule has 140 valence electrons. The molecule has 1 aromatic heterocycles. The summed E-state index contributed by atoms with van der Waals surface area (Å²) in [5.74, 6) is 0.633. The molecule has 1 heterocycles. The highest BCUT2D eigenvalue weighted by Crippen LogP contribution is 2.10. The van der Waals surface area contributed by atoms with Crippen LogP contribution in [0.25, 0.3) is 0 Å². The van der Waals surface area contributed by atoms with Crippen molar-refractivity contribution in [3.8, 4) is 0 Å². The molecule has 0 radical (unpaired) electrons. The summed E-state index contributed by atoms with van der Waals surface area (Å²) < 4.78 is 0. The van der Waals surface area contributed by atoms with Gasteiger partial charge in [0.05, 0.1) is 5.01 Å². The predicted molar refractivity (Wildman–Crippen MR) is 108 cm³/mol. The van der Waals surface area contributed by atoms with Crippen LogP contribution in [0.2, 0.25) is 0 Å². The van der Waals surface area contributed by atoms with Gasteiger partial charge in [0.1, 0.15) is 6.54 Å². The van der Waals surface area contributed by atoms with E-state index in [0.717, 1.165) is 30.9 Å². The third-order valence-corrected chi connectivity index (χ3v) is 4.69. The van der Waals surface area contributed by atoms with Gasteiger partial charge in [0.2, 0.25) is 5.91 Å².